The van der Waals surface area contributed by atoms with Crippen LogP contribution in [0.25, 0.3) is 0 Å². The highest BCUT2D eigenvalue weighted by Gasteiger charge is 2.38. The second-order valence-electron chi connectivity index (χ2n) is 7.15. The summed E-state index contributed by atoms with van der Waals surface area (Å²) < 4.78 is 12.1. The van der Waals surface area contributed by atoms with Crippen LogP contribution in [-0.2, 0) is 5.41 Å². The number of hydrogen-bond donors (Lipinski definition) is 1. The summed E-state index contributed by atoms with van der Waals surface area (Å²) in [6, 6.07) is 6.28. The largest absolute Gasteiger partial charge is 0.493 e. The normalized spacial score (nSPS) is 22.2. The fourth-order valence-electron chi connectivity index (χ4n) is 4.12. The van der Waals surface area contributed by atoms with E-state index in [-0.39, 0.29) is 11.5 Å². The number of likely N-dealkylation sites (tertiary alicyclic amines) is 1. The molecule has 1 aliphatic heterocycles. The van der Waals surface area contributed by atoms with Crippen LogP contribution in [0.15, 0.2) is 18.2 Å². The van der Waals surface area contributed by atoms with Crippen LogP contribution in [0.4, 0.5) is 0 Å². The molecule has 0 spiro atoms. The van der Waals surface area contributed by atoms with Gasteiger partial charge in [0.1, 0.15) is 6.10 Å². The summed E-state index contributed by atoms with van der Waals surface area (Å²) in [7, 11) is 3.90. The summed E-state index contributed by atoms with van der Waals surface area (Å²) in [4.78, 5) is 2.36. The van der Waals surface area contributed by atoms with Crippen molar-refractivity contribution < 1.29 is 9.47 Å². The van der Waals surface area contributed by atoms with Crippen molar-refractivity contribution in [3.05, 3.63) is 23.8 Å². The minimum Gasteiger partial charge on any atom is -0.493 e. The van der Waals surface area contributed by atoms with Gasteiger partial charge in [-0.2, -0.15) is 0 Å². The highest BCUT2D eigenvalue weighted by atomic mass is 16.5. The summed E-state index contributed by atoms with van der Waals surface area (Å²) in [5.74, 6) is 1.79. The van der Waals surface area contributed by atoms with Gasteiger partial charge in [-0.05, 0) is 38.8 Å². The zero-order valence-corrected chi connectivity index (χ0v) is 14.5. The molecule has 0 bridgehead atoms. The summed E-state index contributed by atoms with van der Waals surface area (Å²) >= 11 is 0. The number of para-hydroxylation sites is 1. The molecule has 1 aromatic rings. The molecule has 128 valence electrons. The van der Waals surface area contributed by atoms with E-state index >= 15 is 0 Å². The molecule has 1 aromatic carbocycles. The van der Waals surface area contributed by atoms with Gasteiger partial charge in [-0.3, -0.25) is 0 Å². The first-order chi connectivity index (χ1) is 11.2. The standard InChI is InChI=1S/C19H30N2O2/c1-21-12-8-15(9-13-21)23-18-16(6-5-7-17(18)22-2)19(14-20)10-3-4-11-19/h5-7,15H,3-4,8-14,20H2,1-2H3. The van der Waals surface area contributed by atoms with Crippen molar-refractivity contribution in [1.29, 1.82) is 0 Å². The Labute approximate surface area is 139 Å². The van der Waals surface area contributed by atoms with Crippen LogP contribution < -0.4 is 15.2 Å². The maximum Gasteiger partial charge on any atom is 0.165 e. The SMILES string of the molecule is COc1cccc(C2(CN)CCCC2)c1OC1CCN(C)CC1. The lowest BCUT2D eigenvalue weighted by Crippen LogP contribution is -2.37. The molecule has 1 saturated carbocycles. The van der Waals surface area contributed by atoms with Crippen molar-refractivity contribution in [2.45, 2.75) is 50.0 Å². The highest BCUT2D eigenvalue weighted by Crippen LogP contribution is 2.47. The molecule has 1 aliphatic carbocycles. The van der Waals surface area contributed by atoms with Crippen molar-refractivity contribution in [3.8, 4) is 11.5 Å². The summed E-state index contributed by atoms with van der Waals surface area (Å²) in [5, 5.41) is 0. The minimum absolute atomic E-state index is 0.0648. The predicted molar refractivity (Wildman–Crippen MR) is 93.3 cm³/mol. The smallest absolute Gasteiger partial charge is 0.165 e. The topological polar surface area (TPSA) is 47.7 Å². The van der Waals surface area contributed by atoms with Gasteiger partial charge < -0.3 is 20.1 Å². The Morgan fingerprint density at radius 3 is 2.52 bits per heavy atom. The summed E-state index contributed by atoms with van der Waals surface area (Å²) in [6.07, 6.45) is 7.23. The fourth-order valence-corrected chi connectivity index (χ4v) is 4.12. The fraction of sp³-hybridized carbons (Fsp3) is 0.684. The van der Waals surface area contributed by atoms with Crippen LogP contribution in [0.1, 0.15) is 44.1 Å². The summed E-state index contributed by atoms with van der Waals surface area (Å²) in [6.45, 7) is 2.87. The van der Waals surface area contributed by atoms with Crippen molar-refractivity contribution in [2.75, 3.05) is 33.8 Å². The Hall–Kier alpha value is -1.26. The molecule has 4 heteroatoms. The highest BCUT2D eigenvalue weighted by molar-refractivity contribution is 5.51. The Morgan fingerprint density at radius 2 is 1.91 bits per heavy atom. The van der Waals surface area contributed by atoms with Crippen LogP contribution >= 0.6 is 0 Å². The zero-order chi connectivity index (χ0) is 16.3. The van der Waals surface area contributed by atoms with E-state index < -0.39 is 0 Å². The molecular formula is C19H30N2O2. The number of nitrogens with two attached hydrogens (primary N) is 1. The maximum atomic E-state index is 6.49. The molecule has 1 saturated heterocycles. The monoisotopic (exact) mass is 318 g/mol. The average molecular weight is 318 g/mol. The number of hydrogen-bond acceptors (Lipinski definition) is 4. The van der Waals surface area contributed by atoms with Gasteiger partial charge >= 0.3 is 0 Å². The van der Waals surface area contributed by atoms with E-state index in [0.717, 1.165) is 50.3 Å². The van der Waals surface area contributed by atoms with E-state index in [1.165, 1.54) is 18.4 Å². The molecule has 2 N–H and O–H groups in total. The number of methoxy groups -OCH3 is 1. The van der Waals surface area contributed by atoms with Crippen LogP contribution in [0.5, 0.6) is 11.5 Å². The van der Waals surface area contributed by atoms with E-state index in [1.54, 1.807) is 7.11 Å². The van der Waals surface area contributed by atoms with Gasteiger partial charge in [-0.25, -0.2) is 0 Å². The van der Waals surface area contributed by atoms with Gasteiger partial charge in [0.25, 0.3) is 0 Å². The first-order valence-electron chi connectivity index (χ1n) is 8.91. The lowest BCUT2D eigenvalue weighted by molar-refractivity contribution is 0.108. The number of nitrogens with zero attached hydrogens (tertiary/aromatic N) is 1. The van der Waals surface area contributed by atoms with Crippen LogP contribution in [0.3, 0.4) is 0 Å². The first-order valence-corrected chi connectivity index (χ1v) is 8.91. The van der Waals surface area contributed by atoms with Gasteiger partial charge in [0.2, 0.25) is 0 Å². The Balaban J connectivity index is 1.90. The van der Waals surface area contributed by atoms with Gasteiger partial charge in [0.05, 0.1) is 7.11 Å². The molecule has 3 rings (SSSR count). The third-order valence-electron chi connectivity index (χ3n) is 5.67. The van der Waals surface area contributed by atoms with Gasteiger partial charge in [-0.15, -0.1) is 0 Å². The molecular weight excluding hydrogens is 288 g/mol. The number of benzene rings is 1. The Morgan fingerprint density at radius 1 is 1.22 bits per heavy atom. The third-order valence-corrected chi connectivity index (χ3v) is 5.67. The van der Waals surface area contributed by atoms with E-state index in [9.17, 15) is 0 Å². The minimum atomic E-state index is 0.0648. The summed E-state index contributed by atoms with van der Waals surface area (Å²) in [5.41, 5.74) is 7.53. The van der Waals surface area contributed by atoms with E-state index in [1.807, 2.05) is 6.07 Å². The van der Waals surface area contributed by atoms with Crippen LogP contribution in [0.2, 0.25) is 0 Å². The maximum absolute atomic E-state index is 6.49. The first kappa shape index (κ1) is 16.6. The molecule has 1 heterocycles. The molecule has 0 atom stereocenters. The van der Waals surface area contributed by atoms with E-state index in [0.29, 0.717) is 6.54 Å². The van der Waals surface area contributed by atoms with Crippen molar-refractivity contribution in [3.63, 3.8) is 0 Å². The number of piperidine rings is 1. The van der Waals surface area contributed by atoms with E-state index in [2.05, 4.69) is 24.1 Å². The molecule has 0 amide bonds. The van der Waals surface area contributed by atoms with Gasteiger partial charge in [-0.1, -0.05) is 25.0 Å². The molecule has 0 aromatic heterocycles. The predicted octanol–water partition coefficient (Wildman–Crippen LogP) is 2.94. The average Bonchev–Trinajstić information content (AvgIpc) is 3.07. The molecule has 2 fully saturated rings. The molecule has 2 aliphatic rings. The van der Waals surface area contributed by atoms with Gasteiger partial charge in [0.15, 0.2) is 11.5 Å². The zero-order valence-electron chi connectivity index (χ0n) is 14.5. The molecule has 0 unspecified atom stereocenters. The molecule has 0 radical (unpaired) electrons. The Kier molecular flexibility index (Phi) is 5.12. The van der Waals surface area contributed by atoms with Crippen molar-refractivity contribution in [2.24, 2.45) is 5.73 Å². The molecule has 4 nitrogen and oxygen atoms in total. The van der Waals surface area contributed by atoms with Crippen LogP contribution in [0, 0.1) is 0 Å². The number of ether oxygens (including phenoxy) is 2. The Bertz CT molecular complexity index is 518. The van der Waals surface area contributed by atoms with E-state index in [4.69, 9.17) is 15.2 Å². The lowest BCUT2D eigenvalue weighted by atomic mass is 9.78. The molecule has 23 heavy (non-hydrogen) atoms. The third kappa shape index (κ3) is 3.33. The second kappa shape index (κ2) is 7.10. The van der Waals surface area contributed by atoms with Crippen molar-refractivity contribution in [1.82, 2.24) is 4.90 Å². The number of rotatable bonds is 5. The van der Waals surface area contributed by atoms with Crippen LogP contribution in [-0.4, -0.2) is 44.8 Å². The second-order valence-corrected chi connectivity index (χ2v) is 7.15. The van der Waals surface area contributed by atoms with Crippen molar-refractivity contribution >= 4 is 0 Å². The quantitative estimate of drug-likeness (QED) is 0.907. The lowest BCUT2D eigenvalue weighted by Gasteiger charge is -2.34. The van der Waals surface area contributed by atoms with Gasteiger partial charge in [0, 0.05) is 30.6 Å².